The second-order valence-electron chi connectivity index (χ2n) is 5.44. The van der Waals surface area contributed by atoms with Crippen LogP contribution in [0.2, 0.25) is 0 Å². The van der Waals surface area contributed by atoms with Crippen LogP contribution in [0.4, 0.5) is 0 Å². The highest BCUT2D eigenvalue weighted by molar-refractivity contribution is 6.05. The van der Waals surface area contributed by atoms with Gasteiger partial charge in [-0.05, 0) is 38.0 Å². The number of amides is 2. The number of imide groups is 1. The Balaban J connectivity index is 1.79. The number of carbonyl (C=O) groups is 2. The molecule has 3 nitrogen and oxygen atoms in total. The molecule has 3 rings (SSSR count). The van der Waals surface area contributed by atoms with Gasteiger partial charge in [0.05, 0.1) is 11.8 Å². The van der Waals surface area contributed by atoms with Crippen molar-refractivity contribution in [1.29, 1.82) is 0 Å². The van der Waals surface area contributed by atoms with E-state index in [0.29, 0.717) is 12.5 Å². The van der Waals surface area contributed by atoms with Crippen LogP contribution in [-0.4, -0.2) is 23.3 Å². The molecule has 2 atom stereocenters. The Morgan fingerprint density at radius 1 is 1.12 bits per heavy atom. The minimum absolute atomic E-state index is 0.0308. The molecule has 0 aromatic rings. The van der Waals surface area contributed by atoms with E-state index in [4.69, 9.17) is 0 Å². The van der Waals surface area contributed by atoms with Crippen LogP contribution < -0.4 is 0 Å². The van der Waals surface area contributed by atoms with Gasteiger partial charge in [0, 0.05) is 6.54 Å². The van der Waals surface area contributed by atoms with Gasteiger partial charge in [0.15, 0.2) is 0 Å². The number of allylic oxidation sites excluding steroid dienone is 1. The summed E-state index contributed by atoms with van der Waals surface area (Å²) in [4.78, 5) is 25.8. The molecular weight excluding hydrogens is 202 g/mol. The molecule has 0 spiro atoms. The predicted octanol–water partition coefficient (Wildman–Crippen LogP) is 1.74. The lowest BCUT2D eigenvalue weighted by Crippen LogP contribution is -2.32. The fourth-order valence-electron chi connectivity index (χ4n) is 2.92. The Morgan fingerprint density at radius 2 is 1.81 bits per heavy atom. The summed E-state index contributed by atoms with van der Waals surface area (Å²) in [5.41, 5.74) is 1.13. The van der Waals surface area contributed by atoms with Gasteiger partial charge in [-0.3, -0.25) is 14.5 Å². The van der Waals surface area contributed by atoms with E-state index in [1.807, 2.05) is 0 Å². The lowest BCUT2D eigenvalue weighted by molar-refractivity contribution is -0.140. The van der Waals surface area contributed by atoms with Crippen molar-refractivity contribution >= 4 is 11.8 Å². The maximum absolute atomic E-state index is 12.1. The molecule has 0 aromatic carbocycles. The summed E-state index contributed by atoms with van der Waals surface area (Å²) in [6.45, 7) is 4.63. The van der Waals surface area contributed by atoms with Crippen LogP contribution in [0.5, 0.6) is 0 Å². The first-order chi connectivity index (χ1) is 7.66. The number of hydrogen-bond donors (Lipinski definition) is 0. The zero-order valence-electron chi connectivity index (χ0n) is 9.45. The monoisotopic (exact) mass is 219 g/mol. The predicted molar refractivity (Wildman–Crippen MR) is 59.4 cm³/mol. The van der Waals surface area contributed by atoms with E-state index < -0.39 is 0 Å². The number of rotatable bonds is 2. The molecule has 1 heterocycles. The second kappa shape index (κ2) is 3.44. The van der Waals surface area contributed by atoms with Crippen molar-refractivity contribution in [2.75, 3.05) is 6.54 Å². The van der Waals surface area contributed by atoms with Gasteiger partial charge in [-0.2, -0.15) is 0 Å². The van der Waals surface area contributed by atoms with Gasteiger partial charge in [-0.25, -0.2) is 0 Å². The maximum Gasteiger partial charge on any atom is 0.233 e. The molecule has 86 valence electrons. The van der Waals surface area contributed by atoms with Crippen LogP contribution in [0.15, 0.2) is 12.2 Å². The van der Waals surface area contributed by atoms with Crippen LogP contribution >= 0.6 is 0 Å². The topological polar surface area (TPSA) is 37.4 Å². The first kappa shape index (κ1) is 10.1. The second-order valence-corrected chi connectivity index (χ2v) is 5.44. The Morgan fingerprint density at radius 3 is 2.50 bits per heavy atom. The Kier molecular flexibility index (Phi) is 2.16. The van der Waals surface area contributed by atoms with E-state index in [0.717, 1.165) is 24.8 Å². The first-order valence-electron chi connectivity index (χ1n) is 6.18. The van der Waals surface area contributed by atoms with Gasteiger partial charge in [0.2, 0.25) is 11.8 Å². The van der Waals surface area contributed by atoms with E-state index in [9.17, 15) is 9.59 Å². The molecule has 2 saturated carbocycles. The van der Waals surface area contributed by atoms with Crippen LogP contribution in [-0.2, 0) is 9.59 Å². The quantitative estimate of drug-likeness (QED) is 0.524. The molecule has 1 aliphatic heterocycles. The Labute approximate surface area is 95.5 Å². The number of carbonyl (C=O) groups excluding carboxylic acids is 2. The number of hydrogen-bond acceptors (Lipinski definition) is 2. The molecule has 3 aliphatic rings. The average Bonchev–Trinajstić information content (AvgIpc) is 3.04. The number of likely N-dealkylation sites (tertiary alicyclic amines) is 1. The molecule has 2 aliphatic carbocycles. The minimum atomic E-state index is -0.0764. The maximum atomic E-state index is 12.1. The summed E-state index contributed by atoms with van der Waals surface area (Å²) >= 11 is 0. The minimum Gasteiger partial charge on any atom is -0.282 e. The molecule has 2 amide bonds. The highest BCUT2D eigenvalue weighted by Gasteiger charge is 2.49. The summed E-state index contributed by atoms with van der Waals surface area (Å²) in [5.74, 6) is 0.651. The van der Waals surface area contributed by atoms with Crippen molar-refractivity contribution in [2.24, 2.45) is 17.8 Å². The summed E-state index contributed by atoms with van der Waals surface area (Å²) in [6.07, 6.45) is 4.83. The summed E-state index contributed by atoms with van der Waals surface area (Å²) in [7, 11) is 0. The van der Waals surface area contributed by atoms with Gasteiger partial charge in [0.1, 0.15) is 0 Å². The zero-order valence-corrected chi connectivity index (χ0v) is 9.45. The van der Waals surface area contributed by atoms with Crippen molar-refractivity contribution in [3.63, 3.8) is 0 Å². The van der Waals surface area contributed by atoms with Crippen molar-refractivity contribution in [1.82, 2.24) is 4.90 Å². The molecule has 0 radical (unpaired) electrons. The third-order valence-corrected chi connectivity index (χ3v) is 4.11. The lowest BCUT2D eigenvalue weighted by Gasteiger charge is -2.22. The summed E-state index contributed by atoms with van der Waals surface area (Å²) < 4.78 is 0. The van der Waals surface area contributed by atoms with Gasteiger partial charge in [0.25, 0.3) is 0 Å². The Bertz CT molecular complexity index is 370. The Hall–Kier alpha value is -1.12. The highest BCUT2D eigenvalue weighted by atomic mass is 16.2. The molecule has 0 bridgehead atoms. The zero-order chi connectivity index (χ0) is 11.3. The summed E-state index contributed by atoms with van der Waals surface area (Å²) in [5, 5.41) is 0. The fourth-order valence-corrected chi connectivity index (χ4v) is 2.92. The summed E-state index contributed by atoms with van der Waals surface area (Å²) in [6, 6.07) is 0. The van der Waals surface area contributed by atoms with Crippen LogP contribution in [0.1, 0.15) is 32.1 Å². The van der Waals surface area contributed by atoms with Gasteiger partial charge >= 0.3 is 0 Å². The SMILES string of the molecule is C=C1CCC2C(=O)N(CC3CC3)C(=O)C2C1. The largest absolute Gasteiger partial charge is 0.282 e. The van der Waals surface area contributed by atoms with Gasteiger partial charge < -0.3 is 0 Å². The molecule has 3 fully saturated rings. The molecule has 16 heavy (non-hydrogen) atoms. The third-order valence-electron chi connectivity index (χ3n) is 4.11. The number of nitrogens with zero attached hydrogens (tertiary/aromatic N) is 1. The standard InChI is InChI=1S/C13H17NO2/c1-8-2-5-10-11(6-8)13(16)14(12(10)15)7-9-3-4-9/h9-11H,1-7H2. The van der Waals surface area contributed by atoms with Crippen molar-refractivity contribution < 1.29 is 9.59 Å². The van der Waals surface area contributed by atoms with E-state index in [-0.39, 0.29) is 23.7 Å². The van der Waals surface area contributed by atoms with E-state index in [1.54, 1.807) is 0 Å². The molecular formula is C13H17NO2. The van der Waals surface area contributed by atoms with Crippen molar-refractivity contribution in [2.45, 2.75) is 32.1 Å². The highest BCUT2D eigenvalue weighted by Crippen LogP contribution is 2.41. The van der Waals surface area contributed by atoms with Crippen LogP contribution in [0.3, 0.4) is 0 Å². The van der Waals surface area contributed by atoms with Crippen molar-refractivity contribution in [3.05, 3.63) is 12.2 Å². The molecule has 2 unspecified atom stereocenters. The normalized spacial score (nSPS) is 34.5. The number of fused-ring (bicyclic) bond motifs is 1. The van der Waals surface area contributed by atoms with Crippen LogP contribution in [0, 0.1) is 17.8 Å². The lowest BCUT2D eigenvalue weighted by atomic mass is 9.79. The van der Waals surface area contributed by atoms with Gasteiger partial charge in [-0.1, -0.05) is 12.2 Å². The molecule has 1 saturated heterocycles. The van der Waals surface area contributed by atoms with Crippen molar-refractivity contribution in [3.8, 4) is 0 Å². The fraction of sp³-hybridized carbons (Fsp3) is 0.692. The molecule has 3 heteroatoms. The van der Waals surface area contributed by atoms with E-state index in [2.05, 4.69) is 6.58 Å². The first-order valence-corrected chi connectivity index (χ1v) is 6.18. The average molecular weight is 219 g/mol. The van der Waals surface area contributed by atoms with E-state index >= 15 is 0 Å². The van der Waals surface area contributed by atoms with Crippen LogP contribution in [0.25, 0.3) is 0 Å². The third kappa shape index (κ3) is 1.49. The molecule has 0 N–H and O–H groups in total. The molecule has 0 aromatic heterocycles. The van der Waals surface area contributed by atoms with E-state index in [1.165, 1.54) is 17.7 Å². The smallest absolute Gasteiger partial charge is 0.233 e. The van der Waals surface area contributed by atoms with Gasteiger partial charge in [-0.15, -0.1) is 0 Å².